The largest absolute Gasteiger partial charge is 0.394 e. The van der Waals surface area contributed by atoms with Crippen molar-refractivity contribution in [2.75, 3.05) is 59.5 Å². The summed E-state index contributed by atoms with van der Waals surface area (Å²) in [6, 6.07) is 0. The summed E-state index contributed by atoms with van der Waals surface area (Å²) >= 11 is 0. The lowest BCUT2D eigenvalue weighted by atomic mass is 10.0. The van der Waals surface area contributed by atoms with Crippen LogP contribution in [-0.2, 0) is 18.9 Å². The highest BCUT2D eigenvalue weighted by molar-refractivity contribution is 4.70. The molecule has 0 rings (SSSR count). The Morgan fingerprint density at radius 1 is 0.737 bits per heavy atom. The van der Waals surface area contributed by atoms with E-state index < -0.39 is 0 Å². The van der Waals surface area contributed by atoms with E-state index in [4.69, 9.17) is 29.8 Å². The molecule has 0 aromatic rings. The average Bonchev–Trinajstić information content (AvgIpc) is 2.34. The normalized spacial score (nSPS) is 12.0. The van der Waals surface area contributed by atoms with E-state index in [1.165, 1.54) is 0 Å². The Morgan fingerprint density at radius 3 is 1.47 bits per heavy atom. The van der Waals surface area contributed by atoms with Crippen LogP contribution in [0.4, 0.5) is 0 Å². The number of aliphatic hydroxyl groups is 1. The molecule has 0 bridgehead atoms. The van der Waals surface area contributed by atoms with E-state index in [9.17, 15) is 0 Å². The molecule has 0 aromatic heterocycles. The van der Waals surface area contributed by atoms with Crippen LogP contribution in [0.2, 0.25) is 0 Å². The highest BCUT2D eigenvalue weighted by Gasteiger charge is 2.09. The number of aliphatic hydroxyl groups excluding tert-OH is 1. The first-order valence-corrected chi connectivity index (χ1v) is 6.77. The summed E-state index contributed by atoms with van der Waals surface area (Å²) in [6.07, 6.45) is 0.837. The molecule has 0 spiro atoms. The Hall–Kier alpha value is -0.240. The van der Waals surface area contributed by atoms with Crippen LogP contribution < -0.4 is 5.73 Å². The Balaban J connectivity index is 2.99. The molecule has 0 aliphatic carbocycles. The van der Waals surface area contributed by atoms with Crippen molar-refractivity contribution in [2.45, 2.75) is 25.8 Å². The van der Waals surface area contributed by atoms with Crippen molar-refractivity contribution in [1.82, 2.24) is 0 Å². The van der Waals surface area contributed by atoms with Gasteiger partial charge in [0.1, 0.15) is 0 Å². The molecule has 0 heterocycles. The first-order chi connectivity index (χ1) is 9.06. The van der Waals surface area contributed by atoms with Gasteiger partial charge in [0.15, 0.2) is 0 Å². The van der Waals surface area contributed by atoms with Crippen molar-refractivity contribution < 1.29 is 24.1 Å². The maximum absolute atomic E-state index is 8.47. The van der Waals surface area contributed by atoms with E-state index >= 15 is 0 Å². The van der Waals surface area contributed by atoms with E-state index in [0.29, 0.717) is 52.9 Å². The molecular weight excluding hydrogens is 250 g/mol. The van der Waals surface area contributed by atoms with Crippen LogP contribution >= 0.6 is 0 Å². The van der Waals surface area contributed by atoms with E-state index in [-0.39, 0.29) is 12.1 Å². The van der Waals surface area contributed by atoms with Crippen LogP contribution in [0.1, 0.15) is 20.3 Å². The summed E-state index contributed by atoms with van der Waals surface area (Å²) in [7, 11) is 0. The maximum atomic E-state index is 8.47. The SMILES string of the molecule is CC(C)(N)CCOCCOCCOCCOCCO. The van der Waals surface area contributed by atoms with Crippen molar-refractivity contribution in [3.63, 3.8) is 0 Å². The summed E-state index contributed by atoms with van der Waals surface area (Å²) in [5.74, 6) is 0. The third-order valence-electron chi connectivity index (χ3n) is 2.24. The summed E-state index contributed by atoms with van der Waals surface area (Å²) < 4.78 is 21.0. The van der Waals surface area contributed by atoms with Gasteiger partial charge in [-0.2, -0.15) is 0 Å². The van der Waals surface area contributed by atoms with Gasteiger partial charge in [0.25, 0.3) is 0 Å². The number of hydrogen-bond donors (Lipinski definition) is 2. The molecular formula is C13H29NO5. The second kappa shape index (κ2) is 12.8. The van der Waals surface area contributed by atoms with Gasteiger partial charge in [-0.1, -0.05) is 0 Å². The van der Waals surface area contributed by atoms with Gasteiger partial charge in [-0.25, -0.2) is 0 Å². The molecule has 0 aromatic carbocycles. The molecule has 0 atom stereocenters. The number of hydrogen-bond acceptors (Lipinski definition) is 6. The molecule has 19 heavy (non-hydrogen) atoms. The molecule has 0 aliphatic rings. The Labute approximate surface area is 116 Å². The van der Waals surface area contributed by atoms with Gasteiger partial charge in [-0.3, -0.25) is 0 Å². The summed E-state index contributed by atoms with van der Waals surface area (Å²) in [4.78, 5) is 0. The van der Waals surface area contributed by atoms with Crippen molar-refractivity contribution in [2.24, 2.45) is 5.73 Å². The lowest BCUT2D eigenvalue weighted by molar-refractivity contribution is -0.00653. The fraction of sp³-hybridized carbons (Fsp3) is 1.00. The van der Waals surface area contributed by atoms with E-state index in [1.807, 2.05) is 13.8 Å². The first-order valence-electron chi connectivity index (χ1n) is 6.77. The van der Waals surface area contributed by atoms with Gasteiger partial charge in [-0.05, 0) is 20.3 Å². The molecule has 116 valence electrons. The molecule has 6 heteroatoms. The van der Waals surface area contributed by atoms with Crippen molar-refractivity contribution in [1.29, 1.82) is 0 Å². The smallest absolute Gasteiger partial charge is 0.0701 e. The molecule has 6 nitrogen and oxygen atoms in total. The monoisotopic (exact) mass is 279 g/mol. The van der Waals surface area contributed by atoms with Crippen LogP contribution in [0.3, 0.4) is 0 Å². The zero-order chi connectivity index (χ0) is 14.4. The Kier molecular flexibility index (Phi) is 12.6. The molecule has 0 aliphatic heterocycles. The van der Waals surface area contributed by atoms with E-state index in [1.54, 1.807) is 0 Å². The number of nitrogens with two attached hydrogens (primary N) is 1. The third-order valence-corrected chi connectivity index (χ3v) is 2.24. The standard InChI is InChI=1S/C13H29NO5/c1-13(2,14)3-5-16-7-9-18-11-12-19-10-8-17-6-4-15/h15H,3-12,14H2,1-2H3. The summed E-state index contributed by atoms with van der Waals surface area (Å²) in [5.41, 5.74) is 5.65. The summed E-state index contributed by atoms with van der Waals surface area (Å²) in [5, 5.41) is 8.47. The van der Waals surface area contributed by atoms with Crippen LogP contribution in [0.15, 0.2) is 0 Å². The summed E-state index contributed by atoms with van der Waals surface area (Å²) in [6.45, 7) is 8.27. The number of rotatable bonds is 14. The lowest BCUT2D eigenvalue weighted by Gasteiger charge is -2.17. The first kappa shape index (κ1) is 18.8. The van der Waals surface area contributed by atoms with Gasteiger partial charge in [0.05, 0.1) is 52.9 Å². The molecule has 0 fully saturated rings. The minimum Gasteiger partial charge on any atom is -0.394 e. The molecule has 0 radical (unpaired) electrons. The fourth-order valence-electron chi connectivity index (χ4n) is 1.16. The second-order valence-corrected chi connectivity index (χ2v) is 4.91. The minimum atomic E-state index is -0.174. The number of ether oxygens (including phenoxy) is 4. The van der Waals surface area contributed by atoms with Crippen molar-refractivity contribution in [3.8, 4) is 0 Å². The molecule has 0 unspecified atom stereocenters. The van der Waals surface area contributed by atoms with Crippen LogP contribution in [0.25, 0.3) is 0 Å². The minimum absolute atomic E-state index is 0.0461. The average molecular weight is 279 g/mol. The molecule has 0 amide bonds. The van der Waals surface area contributed by atoms with Gasteiger partial charge in [-0.15, -0.1) is 0 Å². The zero-order valence-electron chi connectivity index (χ0n) is 12.2. The third kappa shape index (κ3) is 17.8. The molecule has 0 saturated heterocycles. The van der Waals surface area contributed by atoms with Crippen molar-refractivity contribution >= 4 is 0 Å². The molecule has 0 saturated carbocycles. The van der Waals surface area contributed by atoms with Crippen LogP contribution in [0, 0.1) is 0 Å². The Bertz CT molecular complexity index is 184. The van der Waals surface area contributed by atoms with Gasteiger partial charge >= 0.3 is 0 Å². The molecule has 3 N–H and O–H groups in total. The van der Waals surface area contributed by atoms with Gasteiger partial charge in [0.2, 0.25) is 0 Å². The van der Waals surface area contributed by atoms with Crippen molar-refractivity contribution in [3.05, 3.63) is 0 Å². The maximum Gasteiger partial charge on any atom is 0.0701 e. The highest BCUT2D eigenvalue weighted by atomic mass is 16.6. The fourth-order valence-corrected chi connectivity index (χ4v) is 1.16. The zero-order valence-corrected chi connectivity index (χ0v) is 12.2. The topological polar surface area (TPSA) is 83.2 Å². The second-order valence-electron chi connectivity index (χ2n) is 4.91. The Morgan fingerprint density at radius 2 is 1.11 bits per heavy atom. The van der Waals surface area contributed by atoms with Gasteiger partial charge < -0.3 is 29.8 Å². The predicted molar refractivity (Wildman–Crippen MR) is 73.2 cm³/mol. The highest BCUT2D eigenvalue weighted by Crippen LogP contribution is 2.02. The lowest BCUT2D eigenvalue weighted by Crippen LogP contribution is -2.33. The van der Waals surface area contributed by atoms with Crippen LogP contribution in [-0.4, -0.2) is 70.1 Å². The van der Waals surface area contributed by atoms with E-state index in [2.05, 4.69) is 0 Å². The quantitative estimate of drug-likeness (QED) is 0.441. The predicted octanol–water partition coefficient (Wildman–Crippen LogP) is 0.173. The van der Waals surface area contributed by atoms with Crippen LogP contribution in [0.5, 0.6) is 0 Å². The van der Waals surface area contributed by atoms with E-state index in [0.717, 1.165) is 6.42 Å². The van der Waals surface area contributed by atoms with Gasteiger partial charge in [0, 0.05) is 12.1 Å².